The summed E-state index contributed by atoms with van der Waals surface area (Å²) in [4.78, 5) is 16.2. The molecule has 0 aliphatic heterocycles. The quantitative estimate of drug-likeness (QED) is 0.409. The number of nitrogens with zero attached hydrogens (tertiary/aromatic N) is 4. The number of imidazole rings is 1. The van der Waals surface area contributed by atoms with Crippen molar-refractivity contribution in [1.29, 1.82) is 0 Å². The molecule has 0 atom stereocenters. The zero-order valence-corrected chi connectivity index (χ0v) is 18.0. The number of aromatic nitrogens is 4. The van der Waals surface area contributed by atoms with Crippen LogP contribution in [0.25, 0.3) is 11.9 Å². The number of amides is 1. The van der Waals surface area contributed by atoms with E-state index >= 15 is 0 Å². The van der Waals surface area contributed by atoms with Gasteiger partial charge in [0.05, 0.1) is 14.2 Å². The summed E-state index contributed by atoms with van der Waals surface area (Å²) in [5, 5.41) is 11.0. The smallest absolute Gasteiger partial charge is 0.248 e. The monoisotopic (exact) mass is 443 g/mol. The first-order valence-electron chi connectivity index (χ1n) is 9.95. The van der Waals surface area contributed by atoms with Crippen molar-refractivity contribution in [2.75, 3.05) is 19.5 Å². The molecule has 0 fully saturated rings. The van der Waals surface area contributed by atoms with E-state index in [9.17, 15) is 4.79 Å². The number of hydrogen-bond acceptors (Lipinski definition) is 7. The summed E-state index contributed by atoms with van der Waals surface area (Å²) < 4.78 is 17.9. The number of benzene rings is 2. The summed E-state index contributed by atoms with van der Waals surface area (Å²) in [6.45, 7) is 0. The largest absolute Gasteiger partial charge is 0.493 e. The maximum absolute atomic E-state index is 12.3. The fourth-order valence-corrected chi connectivity index (χ4v) is 2.94. The minimum atomic E-state index is -0.264. The van der Waals surface area contributed by atoms with Crippen molar-refractivity contribution in [2.45, 2.75) is 0 Å². The van der Waals surface area contributed by atoms with E-state index < -0.39 is 0 Å². The minimum Gasteiger partial charge on any atom is -0.493 e. The molecule has 1 N–H and O–H groups in total. The van der Waals surface area contributed by atoms with Crippen molar-refractivity contribution < 1.29 is 19.0 Å². The van der Waals surface area contributed by atoms with Gasteiger partial charge in [0.25, 0.3) is 0 Å². The highest BCUT2D eigenvalue weighted by atomic mass is 16.5. The van der Waals surface area contributed by atoms with Gasteiger partial charge in [-0.2, -0.15) is 0 Å². The van der Waals surface area contributed by atoms with E-state index in [-0.39, 0.29) is 5.91 Å². The van der Waals surface area contributed by atoms with E-state index in [0.717, 1.165) is 5.56 Å². The van der Waals surface area contributed by atoms with Gasteiger partial charge in [-0.15, -0.1) is 10.2 Å². The van der Waals surface area contributed by atoms with E-state index in [2.05, 4.69) is 20.5 Å². The Morgan fingerprint density at radius 1 is 0.970 bits per heavy atom. The summed E-state index contributed by atoms with van der Waals surface area (Å²) in [6, 6.07) is 15.9. The lowest BCUT2D eigenvalue weighted by molar-refractivity contribution is -0.111. The maximum Gasteiger partial charge on any atom is 0.248 e. The molecule has 4 aromatic rings. The van der Waals surface area contributed by atoms with E-state index in [1.54, 1.807) is 92.1 Å². The lowest BCUT2D eigenvalue weighted by Gasteiger charge is -2.08. The third-order valence-corrected chi connectivity index (χ3v) is 4.57. The van der Waals surface area contributed by atoms with Crippen LogP contribution in [0.3, 0.4) is 0 Å². The number of methoxy groups -OCH3 is 2. The molecular weight excluding hydrogens is 422 g/mol. The average molecular weight is 443 g/mol. The molecular formula is C24H21N5O4. The molecule has 1 amide bonds. The molecule has 166 valence electrons. The molecule has 0 radical (unpaired) electrons. The molecule has 2 heterocycles. The Balaban J connectivity index is 1.33. The lowest BCUT2D eigenvalue weighted by atomic mass is 10.2. The van der Waals surface area contributed by atoms with Gasteiger partial charge < -0.3 is 19.5 Å². The molecule has 0 unspecified atom stereocenters. The molecule has 0 spiro atoms. The van der Waals surface area contributed by atoms with Crippen LogP contribution in [0, 0.1) is 0 Å². The lowest BCUT2D eigenvalue weighted by Crippen LogP contribution is -2.07. The first-order valence-corrected chi connectivity index (χ1v) is 9.95. The number of hydrogen-bond donors (Lipinski definition) is 1. The molecule has 0 saturated heterocycles. The van der Waals surface area contributed by atoms with Gasteiger partial charge in [0, 0.05) is 30.2 Å². The van der Waals surface area contributed by atoms with Gasteiger partial charge in [0.1, 0.15) is 12.1 Å². The average Bonchev–Trinajstić information content (AvgIpc) is 3.39. The Labute approximate surface area is 190 Å². The second kappa shape index (κ2) is 10.1. The van der Waals surface area contributed by atoms with Gasteiger partial charge in [0.15, 0.2) is 17.3 Å². The van der Waals surface area contributed by atoms with Gasteiger partial charge in [-0.1, -0.05) is 6.07 Å². The van der Waals surface area contributed by atoms with E-state index in [1.165, 1.54) is 6.08 Å². The summed E-state index contributed by atoms with van der Waals surface area (Å²) in [5.41, 5.74) is 1.44. The van der Waals surface area contributed by atoms with Crippen LogP contribution in [0.15, 0.2) is 79.4 Å². The molecule has 9 heteroatoms. The minimum absolute atomic E-state index is 0.264. The number of ether oxygens (including phenoxy) is 3. The summed E-state index contributed by atoms with van der Waals surface area (Å²) in [5.74, 6) is 2.52. The first-order chi connectivity index (χ1) is 16.1. The predicted octanol–water partition coefficient (Wildman–Crippen LogP) is 4.12. The Kier molecular flexibility index (Phi) is 6.60. The third-order valence-electron chi connectivity index (χ3n) is 4.57. The highest BCUT2D eigenvalue weighted by Crippen LogP contribution is 2.28. The second-order valence-corrected chi connectivity index (χ2v) is 6.76. The van der Waals surface area contributed by atoms with E-state index in [0.29, 0.717) is 34.6 Å². The van der Waals surface area contributed by atoms with Gasteiger partial charge >= 0.3 is 0 Å². The van der Waals surface area contributed by atoms with Crippen molar-refractivity contribution in [1.82, 2.24) is 19.7 Å². The van der Waals surface area contributed by atoms with E-state index in [1.807, 2.05) is 6.07 Å². The van der Waals surface area contributed by atoms with Crippen LogP contribution >= 0.6 is 0 Å². The van der Waals surface area contributed by atoms with Crippen LogP contribution in [-0.4, -0.2) is 39.9 Å². The maximum atomic E-state index is 12.3. The zero-order chi connectivity index (χ0) is 23.0. The number of carbonyl (C=O) groups excluding carboxylic acids is 1. The Morgan fingerprint density at radius 2 is 1.79 bits per heavy atom. The van der Waals surface area contributed by atoms with Gasteiger partial charge in [-0.3, -0.25) is 9.36 Å². The third kappa shape index (κ3) is 5.53. The predicted molar refractivity (Wildman–Crippen MR) is 123 cm³/mol. The zero-order valence-electron chi connectivity index (χ0n) is 18.0. The SMILES string of the molecule is COc1ccc(/C=C/C(=O)Nc2ccc(Oc3ccc(-n4ccnc4)nn3)cc2)cc1OC. The van der Waals surface area contributed by atoms with Gasteiger partial charge in [-0.25, -0.2) is 4.98 Å². The van der Waals surface area contributed by atoms with Gasteiger partial charge in [0.2, 0.25) is 11.8 Å². The van der Waals surface area contributed by atoms with Gasteiger partial charge in [-0.05, 0) is 54.1 Å². The fourth-order valence-electron chi connectivity index (χ4n) is 2.94. The fraction of sp³-hybridized carbons (Fsp3) is 0.0833. The van der Waals surface area contributed by atoms with Crippen LogP contribution in [0.1, 0.15) is 5.56 Å². The molecule has 0 bridgehead atoms. The molecule has 0 aliphatic rings. The molecule has 2 aromatic heterocycles. The second-order valence-electron chi connectivity index (χ2n) is 6.76. The Morgan fingerprint density at radius 3 is 2.45 bits per heavy atom. The molecule has 4 rings (SSSR count). The Bertz CT molecular complexity index is 1240. The van der Waals surface area contributed by atoms with Crippen LogP contribution in [0.5, 0.6) is 23.1 Å². The standard InChI is InChI=1S/C24H21N5O4/c1-31-20-9-3-17(15-21(20)32-2)4-11-23(30)26-18-5-7-19(8-6-18)33-24-12-10-22(27-28-24)29-14-13-25-16-29/h3-16H,1-2H3,(H,26,30)/b11-4+. The molecule has 33 heavy (non-hydrogen) atoms. The summed E-state index contributed by atoms with van der Waals surface area (Å²) in [6.07, 6.45) is 8.23. The highest BCUT2D eigenvalue weighted by Gasteiger charge is 2.05. The first kappa shape index (κ1) is 21.6. The van der Waals surface area contributed by atoms with Crippen molar-refractivity contribution in [3.8, 4) is 28.9 Å². The van der Waals surface area contributed by atoms with Crippen LogP contribution < -0.4 is 19.5 Å². The molecule has 9 nitrogen and oxygen atoms in total. The normalized spacial score (nSPS) is 10.7. The van der Waals surface area contributed by atoms with Crippen LogP contribution in [-0.2, 0) is 4.79 Å². The number of nitrogens with one attached hydrogen (secondary N) is 1. The topological polar surface area (TPSA) is 100 Å². The number of anilines is 1. The summed E-state index contributed by atoms with van der Waals surface area (Å²) >= 11 is 0. The number of rotatable bonds is 8. The molecule has 2 aromatic carbocycles. The Hall–Kier alpha value is -4.66. The van der Waals surface area contributed by atoms with Crippen molar-refractivity contribution in [3.63, 3.8) is 0 Å². The van der Waals surface area contributed by atoms with Crippen molar-refractivity contribution in [2.24, 2.45) is 0 Å². The number of carbonyl (C=O) groups is 1. The molecule has 0 aliphatic carbocycles. The highest BCUT2D eigenvalue weighted by molar-refractivity contribution is 6.02. The van der Waals surface area contributed by atoms with Crippen molar-refractivity contribution in [3.05, 3.63) is 85.0 Å². The van der Waals surface area contributed by atoms with Crippen LogP contribution in [0.2, 0.25) is 0 Å². The van der Waals surface area contributed by atoms with Crippen molar-refractivity contribution >= 4 is 17.7 Å². The summed E-state index contributed by atoms with van der Waals surface area (Å²) in [7, 11) is 3.14. The van der Waals surface area contributed by atoms with Crippen LogP contribution in [0.4, 0.5) is 5.69 Å². The van der Waals surface area contributed by atoms with E-state index in [4.69, 9.17) is 14.2 Å². The molecule has 0 saturated carbocycles.